The summed E-state index contributed by atoms with van der Waals surface area (Å²) >= 11 is 7.77. The van der Waals surface area contributed by atoms with Crippen molar-refractivity contribution in [2.24, 2.45) is 0 Å². The average molecular weight is 326 g/mol. The predicted octanol–water partition coefficient (Wildman–Crippen LogP) is 2.36. The Kier molecular flexibility index (Phi) is 2.96. The first-order valence-corrected chi connectivity index (χ1v) is 6.90. The van der Waals surface area contributed by atoms with E-state index in [4.69, 9.17) is 0 Å². The van der Waals surface area contributed by atoms with Gasteiger partial charge in [-0.15, -0.1) is 12.6 Å². The van der Waals surface area contributed by atoms with Crippen molar-refractivity contribution < 1.29 is 5.11 Å². The average Bonchev–Trinajstić information content (AvgIpc) is 3.08. The molecule has 2 aromatic heterocycles. The molecule has 1 aliphatic rings. The summed E-state index contributed by atoms with van der Waals surface area (Å²) in [6.45, 7) is -0.0359. The highest BCUT2D eigenvalue weighted by Gasteiger charge is 2.49. The third kappa shape index (κ3) is 1.79. The van der Waals surface area contributed by atoms with Crippen LogP contribution in [0.4, 0.5) is 0 Å². The number of thiol groups is 1. The fourth-order valence-electron chi connectivity index (χ4n) is 2.32. The van der Waals surface area contributed by atoms with E-state index in [1.165, 1.54) is 0 Å². The second-order valence-electron chi connectivity index (χ2n) is 4.44. The Bertz CT molecular complexity index is 578. The Morgan fingerprint density at radius 3 is 2.67 bits per heavy atom. The van der Waals surface area contributed by atoms with Crippen molar-refractivity contribution in [2.75, 3.05) is 0 Å². The number of nitrogens with zero attached hydrogens (tertiary/aromatic N) is 3. The van der Waals surface area contributed by atoms with Crippen LogP contribution in [0.2, 0.25) is 0 Å². The van der Waals surface area contributed by atoms with Crippen LogP contribution in [0.15, 0.2) is 34.2 Å². The van der Waals surface area contributed by atoms with E-state index in [9.17, 15) is 5.11 Å². The lowest BCUT2D eigenvalue weighted by molar-refractivity contribution is 0.264. The fourth-order valence-corrected chi connectivity index (χ4v) is 2.93. The van der Waals surface area contributed by atoms with Gasteiger partial charge in [-0.25, -0.2) is 4.98 Å². The molecule has 0 spiro atoms. The van der Waals surface area contributed by atoms with Gasteiger partial charge in [0.15, 0.2) is 5.16 Å². The second kappa shape index (κ2) is 4.36. The largest absolute Gasteiger partial charge is 0.390 e. The normalized spacial score (nSPS) is 16.8. The maximum Gasteiger partial charge on any atom is 0.165 e. The van der Waals surface area contributed by atoms with E-state index in [0.717, 1.165) is 28.7 Å². The van der Waals surface area contributed by atoms with E-state index in [1.54, 1.807) is 12.4 Å². The first-order chi connectivity index (χ1) is 8.67. The molecule has 0 amide bonds. The van der Waals surface area contributed by atoms with Crippen LogP contribution in [0.3, 0.4) is 0 Å². The van der Waals surface area contributed by atoms with Crippen LogP contribution >= 0.6 is 28.6 Å². The van der Waals surface area contributed by atoms with Crippen LogP contribution < -0.4 is 0 Å². The third-order valence-corrected chi connectivity index (χ3v) is 4.12. The Hall–Kier alpha value is -0.850. The number of rotatable bonds is 3. The molecule has 0 unspecified atom stereocenters. The van der Waals surface area contributed by atoms with Gasteiger partial charge >= 0.3 is 0 Å². The minimum absolute atomic E-state index is 0.0359. The highest BCUT2D eigenvalue weighted by atomic mass is 79.9. The molecule has 0 aromatic carbocycles. The maximum atomic E-state index is 9.39. The first kappa shape index (κ1) is 12.2. The number of hydrogen-bond acceptors (Lipinski definition) is 4. The van der Waals surface area contributed by atoms with Crippen LogP contribution in [0, 0.1) is 0 Å². The van der Waals surface area contributed by atoms with Crippen molar-refractivity contribution >= 4 is 28.6 Å². The SMILES string of the molecule is OCc1cnc(S)n1C1(c2ccc(Br)cn2)CC1. The van der Waals surface area contributed by atoms with Crippen molar-refractivity contribution in [2.45, 2.75) is 30.1 Å². The van der Waals surface area contributed by atoms with Crippen molar-refractivity contribution in [3.05, 3.63) is 40.4 Å². The number of aromatic nitrogens is 3. The van der Waals surface area contributed by atoms with Crippen molar-refractivity contribution in [1.29, 1.82) is 0 Å². The van der Waals surface area contributed by atoms with Gasteiger partial charge in [-0.05, 0) is 40.9 Å². The molecule has 0 saturated heterocycles. The van der Waals surface area contributed by atoms with E-state index in [2.05, 4.69) is 38.5 Å². The molecular weight excluding hydrogens is 314 g/mol. The van der Waals surface area contributed by atoms with Gasteiger partial charge in [-0.2, -0.15) is 0 Å². The number of imidazole rings is 1. The smallest absolute Gasteiger partial charge is 0.165 e. The number of pyridine rings is 1. The molecule has 1 saturated carbocycles. The predicted molar refractivity (Wildman–Crippen MR) is 73.6 cm³/mol. The molecule has 0 atom stereocenters. The molecule has 0 aliphatic heterocycles. The highest BCUT2D eigenvalue weighted by Crippen LogP contribution is 2.50. The number of hydrogen-bond donors (Lipinski definition) is 2. The summed E-state index contributed by atoms with van der Waals surface area (Å²) in [4.78, 5) is 8.64. The highest BCUT2D eigenvalue weighted by molar-refractivity contribution is 9.10. The lowest BCUT2D eigenvalue weighted by Gasteiger charge is -2.20. The van der Waals surface area contributed by atoms with Crippen LogP contribution in [0.25, 0.3) is 0 Å². The third-order valence-electron chi connectivity index (χ3n) is 3.33. The van der Waals surface area contributed by atoms with Gasteiger partial charge in [0.2, 0.25) is 0 Å². The summed E-state index contributed by atoms with van der Waals surface area (Å²) in [5.74, 6) is 0. The molecule has 2 heterocycles. The van der Waals surface area contributed by atoms with E-state index in [0.29, 0.717) is 5.16 Å². The zero-order valence-electron chi connectivity index (χ0n) is 9.54. The van der Waals surface area contributed by atoms with E-state index in [-0.39, 0.29) is 12.1 Å². The van der Waals surface area contributed by atoms with Crippen molar-refractivity contribution in [3.8, 4) is 0 Å². The van der Waals surface area contributed by atoms with Gasteiger partial charge in [0, 0.05) is 10.7 Å². The molecule has 94 valence electrons. The molecule has 2 aromatic rings. The number of aliphatic hydroxyl groups is 1. The van der Waals surface area contributed by atoms with Gasteiger partial charge in [0.25, 0.3) is 0 Å². The summed E-state index contributed by atoms with van der Waals surface area (Å²) in [5, 5.41) is 10.0. The second-order valence-corrected chi connectivity index (χ2v) is 5.75. The van der Waals surface area contributed by atoms with E-state index < -0.39 is 0 Å². The molecule has 3 rings (SSSR count). The summed E-state index contributed by atoms with van der Waals surface area (Å²) in [6.07, 6.45) is 5.46. The van der Waals surface area contributed by atoms with Crippen molar-refractivity contribution in [1.82, 2.24) is 14.5 Å². The fraction of sp³-hybridized carbons (Fsp3) is 0.333. The number of aliphatic hydroxyl groups excluding tert-OH is 1. The molecule has 1 fully saturated rings. The van der Waals surface area contributed by atoms with E-state index in [1.807, 2.05) is 16.7 Å². The zero-order chi connectivity index (χ0) is 12.8. The van der Waals surface area contributed by atoms with Crippen LogP contribution in [-0.2, 0) is 12.1 Å². The van der Waals surface area contributed by atoms with E-state index >= 15 is 0 Å². The molecule has 1 aliphatic carbocycles. The topological polar surface area (TPSA) is 50.9 Å². The summed E-state index contributed by atoms with van der Waals surface area (Å²) in [6, 6.07) is 3.99. The Balaban J connectivity index is 2.10. The molecule has 4 nitrogen and oxygen atoms in total. The van der Waals surface area contributed by atoms with Crippen molar-refractivity contribution in [3.63, 3.8) is 0 Å². The Morgan fingerprint density at radius 1 is 1.33 bits per heavy atom. The van der Waals surface area contributed by atoms with Crippen LogP contribution in [0.1, 0.15) is 24.2 Å². The zero-order valence-corrected chi connectivity index (χ0v) is 12.0. The Morgan fingerprint density at radius 2 is 2.11 bits per heavy atom. The quantitative estimate of drug-likeness (QED) is 0.852. The van der Waals surface area contributed by atoms with Crippen LogP contribution in [-0.4, -0.2) is 19.6 Å². The van der Waals surface area contributed by atoms with Crippen LogP contribution in [0.5, 0.6) is 0 Å². The first-order valence-electron chi connectivity index (χ1n) is 5.66. The van der Waals surface area contributed by atoms with Gasteiger partial charge in [0.05, 0.1) is 29.7 Å². The molecule has 1 N–H and O–H groups in total. The maximum absolute atomic E-state index is 9.39. The van der Waals surface area contributed by atoms with Gasteiger partial charge < -0.3 is 9.67 Å². The summed E-state index contributed by atoms with van der Waals surface area (Å²) in [7, 11) is 0. The Labute approximate surface area is 119 Å². The monoisotopic (exact) mass is 325 g/mol. The molecular formula is C12H12BrN3OS. The summed E-state index contributed by atoms with van der Waals surface area (Å²) in [5.41, 5.74) is 1.60. The number of halogens is 1. The molecule has 6 heteroatoms. The summed E-state index contributed by atoms with van der Waals surface area (Å²) < 4.78 is 2.95. The lowest BCUT2D eigenvalue weighted by atomic mass is 10.1. The van der Waals surface area contributed by atoms with Gasteiger partial charge in [-0.1, -0.05) is 0 Å². The lowest BCUT2D eigenvalue weighted by Crippen LogP contribution is -2.22. The standard InChI is InChI=1S/C12H12BrN3OS/c13-8-1-2-10(14-5-8)12(3-4-12)16-9(7-17)6-15-11(16)18/h1-2,5-6,17H,3-4,7H2,(H,15,18). The molecule has 0 bridgehead atoms. The van der Waals surface area contributed by atoms with Gasteiger partial charge in [-0.3, -0.25) is 4.98 Å². The minimum atomic E-state index is -0.174. The van der Waals surface area contributed by atoms with Gasteiger partial charge in [0.1, 0.15) is 0 Å². The minimum Gasteiger partial charge on any atom is -0.390 e. The molecule has 0 radical (unpaired) electrons. The molecule has 18 heavy (non-hydrogen) atoms.